The molecule has 0 aliphatic carbocycles. The van der Waals surface area contributed by atoms with Crippen molar-refractivity contribution in [2.24, 2.45) is 7.05 Å². The summed E-state index contributed by atoms with van der Waals surface area (Å²) < 4.78 is 62.6. The summed E-state index contributed by atoms with van der Waals surface area (Å²) >= 11 is 3.16. The quantitative estimate of drug-likeness (QED) is 0.769. The first-order valence-corrected chi connectivity index (χ1v) is 6.67. The standard InChI is InChI=1S/C12H8BrF4N3O2/c1-20-10(18)6(4-19-20)5-2-8-9(3-7(5)13)22-12(16,17)11(14,15)21-8/h2-4H,18H2,1H3. The van der Waals surface area contributed by atoms with Crippen LogP contribution in [0, 0.1) is 0 Å². The van der Waals surface area contributed by atoms with Crippen molar-refractivity contribution in [3.63, 3.8) is 0 Å². The van der Waals surface area contributed by atoms with Crippen LogP contribution in [-0.2, 0) is 7.05 Å². The normalized spacial score (nSPS) is 18.3. The van der Waals surface area contributed by atoms with Gasteiger partial charge in [0, 0.05) is 22.6 Å². The molecule has 118 valence electrons. The van der Waals surface area contributed by atoms with E-state index in [-0.39, 0.29) is 5.82 Å². The van der Waals surface area contributed by atoms with Gasteiger partial charge in [-0.05, 0) is 12.1 Å². The molecule has 0 saturated carbocycles. The topological polar surface area (TPSA) is 62.3 Å². The molecule has 0 saturated heterocycles. The van der Waals surface area contributed by atoms with Gasteiger partial charge in [0.05, 0.1) is 6.20 Å². The molecule has 0 radical (unpaired) electrons. The van der Waals surface area contributed by atoms with Crippen LogP contribution in [0.2, 0.25) is 0 Å². The van der Waals surface area contributed by atoms with Gasteiger partial charge in [0.25, 0.3) is 0 Å². The van der Waals surface area contributed by atoms with E-state index in [4.69, 9.17) is 5.73 Å². The third kappa shape index (κ3) is 2.09. The molecule has 10 heteroatoms. The van der Waals surface area contributed by atoms with E-state index in [0.717, 1.165) is 12.1 Å². The number of ether oxygens (including phenoxy) is 2. The Balaban J connectivity index is 2.13. The Morgan fingerprint density at radius 3 is 2.14 bits per heavy atom. The van der Waals surface area contributed by atoms with Crippen LogP contribution in [0.15, 0.2) is 22.8 Å². The van der Waals surface area contributed by atoms with Crippen molar-refractivity contribution in [3.8, 4) is 22.6 Å². The molecule has 0 unspecified atom stereocenters. The maximum Gasteiger partial charge on any atom is 0.507 e. The zero-order valence-electron chi connectivity index (χ0n) is 10.9. The highest BCUT2D eigenvalue weighted by Gasteiger charge is 2.66. The molecule has 0 atom stereocenters. The third-order valence-corrected chi connectivity index (χ3v) is 3.78. The number of hydrogen-bond acceptors (Lipinski definition) is 4. The van der Waals surface area contributed by atoms with Crippen molar-refractivity contribution < 1.29 is 27.0 Å². The smallest absolute Gasteiger partial charge is 0.421 e. The highest BCUT2D eigenvalue weighted by atomic mass is 79.9. The zero-order chi connectivity index (χ0) is 16.3. The average Bonchev–Trinajstić information content (AvgIpc) is 2.71. The molecule has 2 heterocycles. The number of alkyl halides is 4. The summed E-state index contributed by atoms with van der Waals surface area (Å²) in [5.74, 6) is -0.749. The summed E-state index contributed by atoms with van der Waals surface area (Å²) in [6, 6.07) is 2.25. The molecule has 0 fully saturated rings. The molecule has 0 spiro atoms. The molecule has 22 heavy (non-hydrogen) atoms. The van der Waals surface area contributed by atoms with E-state index in [1.165, 1.54) is 10.9 Å². The number of nitrogens with zero attached hydrogens (tertiary/aromatic N) is 2. The zero-order valence-corrected chi connectivity index (χ0v) is 12.5. The van der Waals surface area contributed by atoms with Crippen molar-refractivity contribution in [1.29, 1.82) is 0 Å². The molecular formula is C12H8BrF4N3O2. The van der Waals surface area contributed by atoms with E-state index in [2.05, 4.69) is 30.5 Å². The number of nitrogen functional groups attached to an aromatic ring is 1. The summed E-state index contributed by atoms with van der Waals surface area (Å²) in [5, 5.41) is 3.93. The Kier molecular flexibility index (Phi) is 3.06. The Morgan fingerprint density at radius 1 is 1.09 bits per heavy atom. The molecule has 2 aromatic rings. The van der Waals surface area contributed by atoms with Crippen LogP contribution in [0.25, 0.3) is 11.1 Å². The number of anilines is 1. The Bertz CT molecular complexity index is 763. The van der Waals surface area contributed by atoms with Gasteiger partial charge < -0.3 is 15.2 Å². The van der Waals surface area contributed by atoms with Crippen LogP contribution in [0.5, 0.6) is 11.5 Å². The highest BCUT2D eigenvalue weighted by molar-refractivity contribution is 9.10. The minimum absolute atomic E-state index is 0.273. The monoisotopic (exact) mass is 381 g/mol. The molecule has 1 aliphatic rings. The van der Waals surface area contributed by atoms with E-state index in [9.17, 15) is 17.6 Å². The number of hydrogen-bond donors (Lipinski definition) is 1. The molecule has 0 amide bonds. The van der Waals surface area contributed by atoms with Gasteiger partial charge in [-0.2, -0.15) is 22.7 Å². The number of aromatic nitrogens is 2. The van der Waals surface area contributed by atoms with Gasteiger partial charge in [-0.25, -0.2) is 0 Å². The van der Waals surface area contributed by atoms with Crippen LogP contribution in [0.3, 0.4) is 0 Å². The average molecular weight is 382 g/mol. The Hall–Kier alpha value is -1.97. The van der Waals surface area contributed by atoms with E-state index in [1.807, 2.05) is 0 Å². The number of fused-ring (bicyclic) bond motifs is 1. The SMILES string of the molecule is Cn1ncc(-c2cc3c(cc2Br)OC(F)(F)C(F)(F)O3)c1N. The maximum atomic E-state index is 13.2. The lowest BCUT2D eigenvalue weighted by molar-refractivity contribution is -0.391. The van der Waals surface area contributed by atoms with Gasteiger partial charge in [-0.1, -0.05) is 15.9 Å². The second-order valence-corrected chi connectivity index (χ2v) is 5.44. The molecule has 2 N–H and O–H groups in total. The summed E-state index contributed by atoms with van der Waals surface area (Å²) in [4.78, 5) is 0. The first kappa shape index (κ1) is 14.9. The molecule has 0 bridgehead atoms. The number of benzene rings is 1. The van der Waals surface area contributed by atoms with Crippen LogP contribution in [0.4, 0.5) is 23.4 Å². The van der Waals surface area contributed by atoms with E-state index in [1.54, 1.807) is 7.05 Å². The Morgan fingerprint density at radius 2 is 1.64 bits per heavy atom. The molecule has 5 nitrogen and oxygen atoms in total. The minimum Gasteiger partial charge on any atom is -0.421 e. The predicted octanol–water partition coefficient (Wildman–Crippen LogP) is 3.39. The van der Waals surface area contributed by atoms with Crippen molar-refractivity contribution in [2.45, 2.75) is 12.2 Å². The van der Waals surface area contributed by atoms with Gasteiger partial charge in [0.1, 0.15) is 5.82 Å². The fraction of sp³-hybridized carbons (Fsp3) is 0.250. The van der Waals surface area contributed by atoms with E-state index in [0.29, 0.717) is 15.6 Å². The summed E-state index contributed by atoms with van der Waals surface area (Å²) in [6.45, 7) is 0. The molecule has 1 aromatic carbocycles. The number of halogens is 5. The van der Waals surface area contributed by atoms with Gasteiger partial charge in [-0.3, -0.25) is 4.68 Å². The molecule has 3 rings (SSSR count). The minimum atomic E-state index is -4.77. The van der Waals surface area contributed by atoms with Gasteiger partial charge >= 0.3 is 12.2 Å². The lowest BCUT2D eigenvalue weighted by Gasteiger charge is -2.32. The number of rotatable bonds is 1. The summed E-state index contributed by atoms with van der Waals surface area (Å²) in [7, 11) is 1.60. The highest BCUT2D eigenvalue weighted by Crippen LogP contribution is 2.50. The van der Waals surface area contributed by atoms with Crippen LogP contribution in [0.1, 0.15) is 0 Å². The predicted molar refractivity (Wildman–Crippen MR) is 71.9 cm³/mol. The van der Waals surface area contributed by atoms with Crippen LogP contribution >= 0.6 is 15.9 Å². The third-order valence-electron chi connectivity index (χ3n) is 3.12. The molecular weight excluding hydrogens is 374 g/mol. The van der Waals surface area contributed by atoms with Gasteiger partial charge in [0.15, 0.2) is 11.5 Å². The number of aryl methyl sites for hydroxylation is 1. The van der Waals surface area contributed by atoms with E-state index < -0.39 is 23.7 Å². The second kappa shape index (κ2) is 4.51. The second-order valence-electron chi connectivity index (χ2n) is 4.58. The first-order chi connectivity index (χ1) is 10.1. The molecule has 1 aliphatic heterocycles. The summed E-state index contributed by atoms with van der Waals surface area (Å²) in [5.41, 5.74) is 6.60. The van der Waals surface area contributed by atoms with Gasteiger partial charge in [0.2, 0.25) is 0 Å². The van der Waals surface area contributed by atoms with E-state index >= 15 is 0 Å². The lowest BCUT2D eigenvalue weighted by atomic mass is 10.1. The Labute approximate surface area is 129 Å². The van der Waals surface area contributed by atoms with Crippen LogP contribution in [-0.4, -0.2) is 22.0 Å². The van der Waals surface area contributed by atoms with Gasteiger partial charge in [-0.15, -0.1) is 0 Å². The maximum absolute atomic E-state index is 13.2. The first-order valence-electron chi connectivity index (χ1n) is 5.87. The molecule has 1 aromatic heterocycles. The fourth-order valence-electron chi connectivity index (χ4n) is 1.95. The fourth-order valence-corrected chi connectivity index (χ4v) is 2.49. The van der Waals surface area contributed by atoms with Crippen molar-refractivity contribution in [3.05, 3.63) is 22.8 Å². The van der Waals surface area contributed by atoms with Crippen molar-refractivity contribution >= 4 is 21.7 Å². The number of nitrogens with two attached hydrogens (primary N) is 1. The largest absolute Gasteiger partial charge is 0.507 e. The van der Waals surface area contributed by atoms with Crippen molar-refractivity contribution in [1.82, 2.24) is 9.78 Å². The summed E-state index contributed by atoms with van der Waals surface area (Å²) in [6.07, 6.45) is -8.11. The van der Waals surface area contributed by atoms with Crippen LogP contribution < -0.4 is 15.2 Å². The van der Waals surface area contributed by atoms with Crippen molar-refractivity contribution in [2.75, 3.05) is 5.73 Å². The lowest BCUT2D eigenvalue weighted by Crippen LogP contribution is -2.52.